The summed E-state index contributed by atoms with van der Waals surface area (Å²) in [4.78, 5) is 47.2. The summed E-state index contributed by atoms with van der Waals surface area (Å²) < 4.78 is 27.1. The maximum absolute atomic E-state index is 13.6. The Balaban J connectivity index is 1.34. The van der Waals surface area contributed by atoms with Gasteiger partial charge >= 0.3 is 0 Å². The zero-order valence-electron chi connectivity index (χ0n) is 20.9. The van der Waals surface area contributed by atoms with E-state index in [-0.39, 0.29) is 24.0 Å². The number of ketones is 1. The van der Waals surface area contributed by atoms with Crippen molar-refractivity contribution >= 4 is 39.0 Å². The van der Waals surface area contributed by atoms with Gasteiger partial charge in [0.25, 0.3) is 15.9 Å². The summed E-state index contributed by atoms with van der Waals surface area (Å²) in [6, 6.07) is 14.3. The lowest BCUT2D eigenvalue weighted by Crippen LogP contribution is -2.55. The molecule has 9 nitrogen and oxygen atoms in total. The van der Waals surface area contributed by atoms with Crippen molar-refractivity contribution in [1.82, 2.24) is 19.5 Å². The van der Waals surface area contributed by atoms with Gasteiger partial charge in [-0.1, -0.05) is 30.3 Å². The highest BCUT2D eigenvalue weighted by Gasteiger charge is 2.38. The average molecular weight is 553 g/mol. The van der Waals surface area contributed by atoms with Gasteiger partial charge < -0.3 is 10.2 Å². The van der Waals surface area contributed by atoms with Crippen molar-refractivity contribution in [3.63, 3.8) is 0 Å². The average Bonchev–Trinajstić information content (AvgIpc) is 3.28. The van der Waals surface area contributed by atoms with E-state index >= 15 is 0 Å². The summed E-state index contributed by atoms with van der Waals surface area (Å²) in [5.74, 6) is -1.03. The first kappa shape index (κ1) is 26.2. The van der Waals surface area contributed by atoms with Gasteiger partial charge in [0, 0.05) is 30.6 Å². The monoisotopic (exact) mass is 552 g/mol. The molecular weight excluding hydrogens is 524 g/mol. The zero-order chi connectivity index (χ0) is 26.9. The van der Waals surface area contributed by atoms with Crippen LogP contribution in [0.2, 0.25) is 0 Å². The number of sulfonamides is 1. The lowest BCUT2D eigenvalue weighted by atomic mass is 9.93. The van der Waals surface area contributed by atoms with Crippen LogP contribution in [0.4, 0.5) is 0 Å². The van der Waals surface area contributed by atoms with Crippen molar-refractivity contribution in [2.24, 2.45) is 0 Å². The zero-order valence-corrected chi connectivity index (χ0v) is 22.5. The van der Waals surface area contributed by atoms with Crippen LogP contribution in [0, 0.1) is 6.92 Å². The molecule has 4 heterocycles. The molecule has 0 spiro atoms. The van der Waals surface area contributed by atoms with E-state index in [1.165, 1.54) is 23.6 Å². The summed E-state index contributed by atoms with van der Waals surface area (Å²) in [5.41, 5.74) is 1.97. The molecule has 198 valence electrons. The van der Waals surface area contributed by atoms with Crippen LogP contribution in [-0.4, -0.2) is 65.4 Å². The summed E-state index contributed by atoms with van der Waals surface area (Å²) >= 11 is 1.38. The van der Waals surface area contributed by atoms with Crippen molar-refractivity contribution in [1.29, 1.82) is 0 Å². The van der Waals surface area contributed by atoms with Crippen LogP contribution in [0.3, 0.4) is 0 Å². The predicted molar refractivity (Wildman–Crippen MR) is 142 cm³/mol. The van der Waals surface area contributed by atoms with Gasteiger partial charge in [-0.25, -0.2) is 13.4 Å². The first-order valence-corrected chi connectivity index (χ1v) is 14.7. The topological polar surface area (TPSA) is 117 Å². The maximum Gasteiger partial charge on any atom is 0.264 e. The second kappa shape index (κ2) is 10.8. The molecular formula is C27H28N4O5S2. The molecule has 2 unspecified atom stereocenters. The number of fused-ring (bicyclic) bond motifs is 1. The van der Waals surface area contributed by atoms with Crippen molar-refractivity contribution in [3.05, 3.63) is 81.7 Å². The van der Waals surface area contributed by atoms with Gasteiger partial charge in [0.1, 0.15) is 6.04 Å². The quantitative estimate of drug-likeness (QED) is 0.520. The standard InChI is InChI=1S/C27H28N4O5S2/c1-18-11-12-24(37-18)27(34)31-16-20-8-3-2-7-19(20)15-22(31)26(33)29-21-9-6-14-30(17-23(21)32)38(35,36)25-10-4-5-13-28-25/h2-5,7-8,10-13,21-22H,6,9,14-17H2,1H3,(H,29,33). The molecule has 1 aromatic carbocycles. The number of aryl methyl sites for hydroxylation is 1. The van der Waals surface area contributed by atoms with Crippen molar-refractivity contribution in [3.8, 4) is 0 Å². The van der Waals surface area contributed by atoms with Gasteiger partial charge in [-0.05, 0) is 55.2 Å². The van der Waals surface area contributed by atoms with Crippen molar-refractivity contribution in [2.45, 2.75) is 49.8 Å². The number of nitrogens with one attached hydrogen (secondary N) is 1. The van der Waals surface area contributed by atoms with Gasteiger partial charge in [-0.3, -0.25) is 14.4 Å². The minimum Gasteiger partial charge on any atom is -0.344 e. The molecule has 2 aliphatic heterocycles. The Morgan fingerprint density at radius 2 is 1.79 bits per heavy atom. The molecule has 2 aliphatic rings. The van der Waals surface area contributed by atoms with E-state index in [1.807, 2.05) is 37.3 Å². The molecule has 0 aliphatic carbocycles. The van der Waals surface area contributed by atoms with E-state index in [9.17, 15) is 22.8 Å². The number of thiophene rings is 1. The molecule has 0 bridgehead atoms. The third-order valence-corrected chi connectivity index (χ3v) is 9.69. The minimum atomic E-state index is -3.94. The van der Waals surface area contributed by atoms with E-state index in [0.29, 0.717) is 30.7 Å². The molecule has 5 rings (SSSR count). The number of carbonyl (C=O) groups excluding carboxylic acids is 3. The fraction of sp³-hybridized carbons (Fsp3) is 0.333. The van der Waals surface area contributed by atoms with Crippen LogP contribution in [0.25, 0.3) is 0 Å². The third-order valence-electron chi connectivity index (χ3n) is 6.94. The second-order valence-electron chi connectivity index (χ2n) is 9.51. The van der Waals surface area contributed by atoms with E-state index in [2.05, 4.69) is 10.3 Å². The number of pyridine rings is 1. The number of Topliss-reactive ketones (excluding diaryl/α,β-unsaturated/α-hetero) is 1. The number of amides is 2. The van der Waals surface area contributed by atoms with Gasteiger partial charge in [-0.2, -0.15) is 4.31 Å². The Kier molecular flexibility index (Phi) is 7.42. The van der Waals surface area contributed by atoms with Gasteiger partial charge in [0.2, 0.25) is 5.91 Å². The number of nitrogens with zero attached hydrogens (tertiary/aromatic N) is 3. The lowest BCUT2D eigenvalue weighted by molar-refractivity contribution is -0.130. The first-order valence-electron chi connectivity index (χ1n) is 12.4. The molecule has 1 saturated heterocycles. The van der Waals surface area contributed by atoms with Crippen LogP contribution < -0.4 is 5.32 Å². The highest BCUT2D eigenvalue weighted by atomic mass is 32.2. The highest BCUT2D eigenvalue weighted by Crippen LogP contribution is 2.28. The molecule has 2 aromatic heterocycles. The fourth-order valence-electron chi connectivity index (χ4n) is 4.92. The molecule has 1 N–H and O–H groups in total. The number of benzene rings is 1. The normalized spacial score (nSPS) is 20.4. The predicted octanol–water partition coefficient (Wildman–Crippen LogP) is 2.56. The Morgan fingerprint density at radius 1 is 1.03 bits per heavy atom. The highest BCUT2D eigenvalue weighted by molar-refractivity contribution is 7.89. The van der Waals surface area contributed by atoms with Crippen LogP contribution in [0.5, 0.6) is 0 Å². The fourth-order valence-corrected chi connectivity index (χ4v) is 7.11. The molecule has 11 heteroatoms. The number of hydrogen-bond acceptors (Lipinski definition) is 7. The van der Waals surface area contributed by atoms with Crippen LogP contribution in [0.1, 0.15) is 38.5 Å². The number of aromatic nitrogens is 1. The SMILES string of the molecule is Cc1ccc(C(=O)N2Cc3ccccc3CC2C(=O)NC2CCCN(S(=O)(=O)c3ccccn3)CC2=O)s1. The Morgan fingerprint density at radius 3 is 2.50 bits per heavy atom. The van der Waals surface area contributed by atoms with Gasteiger partial charge in [0.05, 0.1) is 17.5 Å². The molecule has 0 radical (unpaired) electrons. The maximum atomic E-state index is 13.6. The van der Waals surface area contributed by atoms with E-state index < -0.39 is 33.8 Å². The molecule has 3 aromatic rings. The van der Waals surface area contributed by atoms with E-state index in [1.54, 1.807) is 23.1 Å². The van der Waals surface area contributed by atoms with Crippen LogP contribution in [-0.2, 0) is 32.6 Å². The van der Waals surface area contributed by atoms with Crippen LogP contribution >= 0.6 is 11.3 Å². The van der Waals surface area contributed by atoms with Gasteiger partial charge in [0.15, 0.2) is 10.8 Å². The molecule has 2 atom stereocenters. The first-order chi connectivity index (χ1) is 18.2. The number of carbonyl (C=O) groups is 3. The van der Waals surface area contributed by atoms with E-state index in [4.69, 9.17) is 0 Å². The smallest absolute Gasteiger partial charge is 0.264 e. The third kappa shape index (κ3) is 5.27. The van der Waals surface area contributed by atoms with Crippen molar-refractivity contribution in [2.75, 3.05) is 13.1 Å². The second-order valence-corrected chi connectivity index (χ2v) is 12.7. The van der Waals surface area contributed by atoms with Gasteiger partial charge in [-0.15, -0.1) is 11.3 Å². The minimum absolute atomic E-state index is 0.117. The largest absolute Gasteiger partial charge is 0.344 e. The summed E-state index contributed by atoms with van der Waals surface area (Å²) in [6.45, 7) is 2.01. The Bertz CT molecular complexity index is 1470. The molecule has 1 fully saturated rings. The van der Waals surface area contributed by atoms with E-state index in [0.717, 1.165) is 20.3 Å². The number of rotatable bonds is 5. The number of hydrogen-bond donors (Lipinski definition) is 1. The summed E-state index contributed by atoms with van der Waals surface area (Å²) in [5, 5.41) is 2.73. The summed E-state index contributed by atoms with van der Waals surface area (Å²) in [7, 11) is -3.94. The molecule has 0 saturated carbocycles. The Labute approximate surface area is 225 Å². The molecule has 2 amide bonds. The Hall–Kier alpha value is -3.41. The van der Waals surface area contributed by atoms with Crippen LogP contribution in [0.15, 0.2) is 65.8 Å². The summed E-state index contributed by atoms with van der Waals surface area (Å²) in [6.07, 6.45) is 2.43. The molecule has 38 heavy (non-hydrogen) atoms. The lowest BCUT2D eigenvalue weighted by Gasteiger charge is -2.36. The van der Waals surface area contributed by atoms with Crippen molar-refractivity contribution < 1.29 is 22.8 Å².